The molecule has 1 atom stereocenters. The number of benzene rings is 1. The summed E-state index contributed by atoms with van der Waals surface area (Å²) in [5.41, 5.74) is 1.24. The molecule has 0 radical (unpaired) electrons. The summed E-state index contributed by atoms with van der Waals surface area (Å²) in [7, 11) is 0. The largest absolute Gasteiger partial charge is 0.499 e. The molecule has 1 aliphatic carbocycles. The van der Waals surface area contributed by atoms with Crippen LogP contribution >= 0.6 is 0 Å². The number of hydrogen-bond acceptors (Lipinski definition) is 5. The van der Waals surface area contributed by atoms with Crippen molar-refractivity contribution < 1.29 is 36.2 Å². The maximum absolute atomic E-state index is 13.0. The van der Waals surface area contributed by atoms with Crippen LogP contribution in [0.3, 0.4) is 0 Å². The van der Waals surface area contributed by atoms with Crippen molar-refractivity contribution in [3.8, 4) is 11.4 Å². The van der Waals surface area contributed by atoms with Crippen molar-refractivity contribution in [1.29, 1.82) is 0 Å². The first-order chi connectivity index (χ1) is 15.1. The van der Waals surface area contributed by atoms with E-state index in [-0.39, 0.29) is 5.92 Å². The summed E-state index contributed by atoms with van der Waals surface area (Å²) < 4.78 is 72.7. The summed E-state index contributed by atoms with van der Waals surface area (Å²) in [6.07, 6.45) is -0.533. The zero-order chi connectivity index (χ0) is 23.4. The second-order valence-corrected chi connectivity index (χ2v) is 6.65. The summed E-state index contributed by atoms with van der Waals surface area (Å²) in [4.78, 5) is 15.6. The molecule has 0 aliphatic heterocycles. The van der Waals surface area contributed by atoms with Crippen LogP contribution < -0.4 is 4.74 Å². The van der Waals surface area contributed by atoms with Gasteiger partial charge in [-0.3, -0.25) is 0 Å². The fraction of sp³-hybridized carbons (Fsp3) is 0.286. The number of nitrogens with zero attached hydrogens (tertiary/aromatic N) is 3. The highest BCUT2D eigenvalue weighted by Crippen LogP contribution is 2.37. The third-order valence-electron chi connectivity index (χ3n) is 4.35. The van der Waals surface area contributed by atoms with Gasteiger partial charge >= 0.3 is 18.3 Å². The Hall–Kier alpha value is -3.50. The lowest BCUT2D eigenvalue weighted by atomic mass is 9.96. The maximum Gasteiger partial charge on any atom is 0.499 e. The zero-order valence-electron chi connectivity index (χ0n) is 16.7. The summed E-state index contributed by atoms with van der Waals surface area (Å²) in [5, 5.41) is 4.34. The molecule has 6 nitrogen and oxygen atoms in total. The van der Waals surface area contributed by atoms with Gasteiger partial charge in [0.25, 0.3) is 0 Å². The molecule has 1 unspecified atom stereocenters. The van der Waals surface area contributed by atoms with E-state index in [1.807, 2.05) is 18.2 Å². The molecule has 2 aromatic rings. The van der Waals surface area contributed by atoms with Gasteiger partial charge in [-0.2, -0.15) is 27.1 Å². The molecule has 170 valence electrons. The highest BCUT2D eigenvalue weighted by atomic mass is 19.4. The van der Waals surface area contributed by atoms with Gasteiger partial charge in [0, 0.05) is 12.0 Å². The van der Waals surface area contributed by atoms with Crippen molar-refractivity contribution in [2.45, 2.75) is 31.5 Å². The zero-order valence-corrected chi connectivity index (χ0v) is 16.7. The van der Waals surface area contributed by atoms with E-state index in [9.17, 15) is 26.7 Å². The lowest BCUT2D eigenvalue weighted by molar-refractivity contribution is -0.360. The summed E-state index contributed by atoms with van der Waals surface area (Å²) in [5.74, 6) is -0.693. The molecule has 0 spiro atoms. The number of hydrogen-bond donors (Lipinski definition) is 0. The number of carbonyl (C=O) groups excluding carboxylic acids is 1. The number of rotatable bonds is 7. The Morgan fingerprint density at radius 3 is 2.53 bits per heavy atom. The number of allylic oxidation sites excluding steroid dienone is 5. The average Bonchev–Trinajstić information content (AvgIpc) is 3.22. The van der Waals surface area contributed by atoms with Crippen molar-refractivity contribution in [2.75, 3.05) is 6.61 Å². The SMILES string of the molecule is CCOC(=O)/C=C/C1=CCC(c2ncn(-c3ccc(OC(F)(F)C(F)(F)F)cc3)n2)C=C1. The molecule has 1 heterocycles. The smallest absolute Gasteiger partial charge is 0.463 e. The van der Waals surface area contributed by atoms with Crippen LogP contribution in [-0.2, 0) is 9.53 Å². The van der Waals surface area contributed by atoms with Crippen molar-refractivity contribution in [3.63, 3.8) is 0 Å². The van der Waals surface area contributed by atoms with E-state index in [0.717, 1.165) is 17.7 Å². The molecule has 3 rings (SSSR count). The summed E-state index contributed by atoms with van der Waals surface area (Å²) in [6.45, 7) is 2.01. The monoisotopic (exact) mass is 455 g/mol. The van der Waals surface area contributed by atoms with Crippen LogP contribution in [0.1, 0.15) is 25.1 Å². The van der Waals surface area contributed by atoms with Gasteiger partial charge in [0.1, 0.15) is 12.1 Å². The molecule has 0 fully saturated rings. The maximum atomic E-state index is 13.0. The molecule has 1 aliphatic rings. The minimum atomic E-state index is -5.82. The van der Waals surface area contributed by atoms with E-state index in [0.29, 0.717) is 24.5 Å². The van der Waals surface area contributed by atoms with E-state index in [1.54, 1.807) is 13.0 Å². The van der Waals surface area contributed by atoms with Crippen LogP contribution in [0.2, 0.25) is 0 Å². The van der Waals surface area contributed by atoms with Gasteiger partial charge in [-0.15, -0.1) is 0 Å². The molecule has 0 N–H and O–H groups in total. The normalized spacial score (nSPS) is 16.8. The Balaban J connectivity index is 1.63. The van der Waals surface area contributed by atoms with E-state index >= 15 is 0 Å². The first-order valence-electron chi connectivity index (χ1n) is 9.48. The molecule has 11 heteroatoms. The van der Waals surface area contributed by atoms with Gasteiger partial charge in [0.2, 0.25) is 0 Å². The number of alkyl halides is 5. The van der Waals surface area contributed by atoms with Crippen molar-refractivity contribution in [1.82, 2.24) is 14.8 Å². The number of esters is 1. The fourth-order valence-electron chi connectivity index (χ4n) is 2.75. The van der Waals surface area contributed by atoms with Gasteiger partial charge in [-0.1, -0.05) is 18.2 Å². The van der Waals surface area contributed by atoms with Crippen LogP contribution in [0.15, 0.2) is 66.5 Å². The molecular formula is C21H18F5N3O3. The van der Waals surface area contributed by atoms with Crippen molar-refractivity contribution >= 4 is 5.97 Å². The molecule has 1 aromatic carbocycles. The van der Waals surface area contributed by atoms with E-state index in [1.165, 1.54) is 29.2 Å². The summed E-state index contributed by atoms with van der Waals surface area (Å²) in [6, 6.07) is 4.55. The van der Waals surface area contributed by atoms with E-state index in [2.05, 4.69) is 14.8 Å². The lowest BCUT2D eigenvalue weighted by Crippen LogP contribution is -2.41. The van der Waals surface area contributed by atoms with Gasteiger partial charge in [-0.05, 0) is 49.3 Å². The van der Waals surface area contributed by atoms with Crippen molar-refractivity contribution in [3.05, 3.63) is 72.4 Å². The first kappa shape index (κ1) is 23.2. The molecule has 0 bridgehead atoms. The third-order valence-corrected chi connectivity index (χ3v) is 4.35. The van der Waals surface area contributed by atoms with Gasteiger partial charge < -0.3 is 9.47 Å². The molecule has 0 saturated carbocycles. The second kappa shape index (κ2) is 9.33. The number of halogens is 5. The Bertz CT molecular complexity index is 1040. The third kappa shape index (κ3) is 5.59. The predicted molar refractivity (Wildman–Crippen MR) is 103 cm³/mol. The number of carbonyl (C=O) groups is 1. The topological polar surface area (TPSA) is 66.2 Å². The Kier molecular flexibility index (Phi) is 6.75. The molecular weight excluding hydrogens is 437 g/mol. The minimum Gasteiger partial charge on any atom is -0.463 e. The standard InChI is InChI=1S/C21H18F5N3O3/c1-2-31-18(30)12-5-14-3-6-15(7-4-14)19-27-13-29(28-19)16-8-10-17(11-9-16)32-21(25,26)20(22,23)24/h3-6,8-13,15H,2,7H2,1H3/b12-5+. The van der Waals surface area contributed by atoms with Crippen LogP contribution in [0.5, 0.6) is 5.75 Å². The van der Waals surface area contributed by atoms with E-state index in [4.69, 9.17) is 4.74 Å². The fourth-order valence-corrected chi connectivity index (χ4v) is 2.75. The Morgan fingerprint density at radius 1 is 1.22 bits per heavy atom. The van der Waals surface area contributed by atoms with Gasteiger partial charge in [0.15, 0.2) is 5.82 Å². The highest BCUT2D eigenvalue weighted by Gasteiger charge is 2.61. The molecule has 0 amide bonds. The Labute approximate surface area is 179 Å². The number of ether oxygens (including phenoxy) is 2. The highest BCUT2D eigenvalue weighted by molar-refractivity contribution is 5.82. The summed E-state index contributed by atoms with van der Waals surface area (Å²) >= 11 is 0. The molecule has 1 aromatic heterocycles. The van der Waals surface area contributed by atoms with Crippen LogP contribution in [0.4, 0.5) is 22.0 Å². The van der Waals surface area contributed by atoms with Gasteiger partial charge in [-0.25, -0.2) is 14.5 Å². The lowest BCUT2D eigenvalue weighted by Gasteiger charge is -2.20. The van der Waals surface area contributed by atoms with Crippen LogP contribution in [-0.4, -0.2) is 39.6 Å². The van der Waals surface area contributed by atoms with E-state index < -0.39 is 24.0 Å². The number of aromatic nitrogens is 3. The quantitative estimate of drug-likeness (QED) is 0.338. The minimum absolute atomic E-state index is 0.121. The Morgan fingerprint density at radius 2 is 1.94 bits per heavy atom. The van der Waals surface area contributed by atoms with Crippen LogP contribution in [0.25, 0.3) is 5.69 Å². The van der Waals surface area contributed by atoms with Crippen molar-refractivity contribution in [2.24, 2.45) is 0 Å². The van der Waals surface area contributed by atoms with Crippen LogP contribution in [0, 0.1) is 0 Å². The van der Waals surface area contributed by atoms with Gasteiger partial charge in [0.05, 0.1) is 12.3 Å². The average molecular weight is 455 g/mol. The molecule has 0 saturated heterocycles. The second-order valence-electron chi connectivity index (χ2n) is 6.65. The molecule has 32 heavy (non-hydrogen) atoms. The first-order valence-corrected chi connectivity index (χ1v) is 9.48. The predicted octanol–water partition coefficient (Wildman–Crippen LogP) is 4.89.